The molecule has 0 spiro atoms. The molecular weight excluding hydrogens is 262 g/mol. The molecule has 2 N–H and O–H groups in total. The summed E-state index contributed by atoms with van der Waals surface area (Å²) in [4.78, 5) is 4.16. The standard InChI is InChI=1S/C14H16ClN3O/c1-16-14-8-10(6-7-17-14)18-9-11-12(15)4-3-5-13(11)19-2/h3-8H,9H2,1-2H3,(H2,16,17,18). The second-order valence-electron chi connectivity index (χ2n) is 3.95. The number of benzene rings is 1. The Hall–Kier alpha value is -1.94. The van der Waals surface area contributed by atoms with E-state index >= 15 is 0 Å². The minimum absolute atomic E-state index is 0.593. The van der Waals surface area contributed by atoms with Gasteiger partial charge in [-0.05, 0) is 18.2 Å². The van der Waals surface area contributed by atoms with Crippen LogP contribution in [0.1, 0.15) is 5.56 Å². The third-order valence-corrected chi connectivity index (χ3v) is 3.14. The lowest BCUT2D eigenvalue weighted by Crippen LogP contribution is -2.03. The molecule has 0 radical (unpaired) electrons. The van der Waals surface area contributed by atoms with Crippen molar-refractivity contribution < 1.29 is 4.74 Å². The summed E-state index contributed by atoms with van der Waals surface area (Å²) in [6.07, 6.45) is 1.75. The van der Waals surface area contributed by atoms with E-state index in [4.69, 9.17) is 16.3 Å². The van der Waals surface area contributed by atoms with Crippen molar-refractivity contribution in [2.45, 2.75) is 6.54 Å². The highest BCUT2D eigenvalue weighted by atomic mass is 35.5. The van der Waals surface area contributed by atoms with Gasteiger partial charge in [-0.15, -0.1) is 0 Å². The minimum atomic E-state index is 0.593. The predicted octanol–water partition coefficient (Wildman–Crippen LogP) is 3.40. The smallest absolute Gasteiger partial charge is 0.127 e. The van der Waals surface area contributed by atoms with Gasteiger partial charge < -0.3 is 15.4 Å². The molecule has 0 bridgehead atoms. The van der Waals surface area contributed by atoms with Gasteiger partial charge >= 0.3 is 0 Å². The molecule has 0 amide bonds. The predicted molar refractivity (Wildman–Crippen MR) is 79.1 cm³/mol. The molecule has 1 aromatic heterocycles. The van der Waals surface area contributed by atoms with Crippen molar-refractivity contribution in [1.29, 1.82) is 0 Å². The number of anilines is 2. The summed E-state index contributed by atoms with van der Waals surface area (Å²) in [5, 5.41) is 6.99. The van der Waals surface area contributed by atoms with Crippen molar-refractivity contribution in [2.24, 2.45) is 0 Å². The highest BCUT2D eigenvalue weighted by molar-refractivity contribution is 6.31. The molecule has 1 heterocycles. The Bertz CT molecular complexity index is 560. The van der Waals surface area contributed by atoms with E-state index in [1.165, 1.54) is 0 Å². The van der Waals surface area contributed by atoms with E-state index in [1.807, 2.05) is 37.4 Å². The van der Waals surface area contributed by atoms with E-state index in [9.17, 15) is 0 Å². The topological polar surface area (TPSA) is 46.2 Å². The van der Waals surface area contributed by atoms with Gasteiger partial charge in [-0.1, -0.05) is 17.7 Å². The van der Waals surface area contributed by atoms with Crippen LogP contribution in [0.3, 0.4) is 0 Å². The zero-order valence-corrected chi connectivity index (χ0v) is 11.7. The SMILES string of the molecule is CNc1cc(NCc2c(Cl)cccc2OC)ccn1. The fraction of sp³-hybridized carbons (Fsp3) is 0.214. The summed E-state index contributed by atoms with van der Waals surface area (Å²) >= 11 is 6.19. The van der Waals surface area contributed by atoms with Crippen molar-refractivity contribution in [3.05, 3.63) is 47.1 Å². The highest BCUT2D eigenvalue weighted by Crippen LogP contribution is 2.27. The number of ether oxygens (including phenoxy) is 1. The van der Waals surface area contributed by atoms with Gasteiger partial charge in [0, 0.05) is 42.1 Å². The Morgan fingerprint density at radius 3 is 2.89 bits per heavy atom. The number of halogens is 1. The van der Waals surface area contributed by atoms with Crippen LogP contribution in [0.25, 0.3) is 0 Å². The molecule has 19 heavy (non-hydrogen) atoms. The number of aromatic nitrogens is 1. The molecule has 5 heteroatoms. The fourth-order valence-corrected chi connectivity index (χ4v) is 2.00. The Labute approximate surface area is 117 Å². The third kappa shape index (κ3) is 3.29. The van der Waals surface area contributed by atoms with E-state index in [1.54, 1.807) is 13.3 Å². The first-order chi connectivity index (χ1) is 9.24. The zero-order valence-electron chi connectivity index (χ0n) is 10.9. The normalized spacial score (nSPS) is 10.1. The van der Waals surface area contributed by atoms with Gasteiger partial charge in [0.25, 0.3) is 0 Å². The lowest BCUT2D eigenvalue weighted by Gasteiger charge is -2.12. The number of hydrogen-bond acceptors (Lipinski definition) is 4. The number of methoxy groups -OCH3 is 1. The van der Waals surface area contributed by atoms with Crippen LogP contribution < -0.4 is 15.4 Å². The molecule has 0 atom stereocenters. The van der Waals surface area contributed by atoms with Gasteiger partial charge in [0.05, 0.1) is 7.11 Å². The number of nitrogens with zero attached hydrogens (tertiary/aromatic N) is 1. The second kappa shape index (κ2) is 6.29. The van der Waals surface area contributed by atoms with Gasteiger partial charge in [-0.3, -0.25) is 0 Å². The van der Waals surface area contributed by atoms with Crippen molar-refractivity contribution in [3.63, 3.8) is 0 Å². The van der Waals surface area contributed by atoms with E-state index in [0.29, 0.717) is 11.6 Å². The minimum Gasteiger partial charge on any atom is -0.496 e. The molecule has 2 aromatic rings. The van der Waals surface area contributed by atoms with Crippen LogP contribution >= 0.6 is 11.6 Å². The summed E-state index contributed by atoms with van der Waals surface area (Å²) in [6.45, 7) is 0.593. The van der Waals surface area contributed by atoms with Crippen LogP contribution in [0.15, 0.2) is 36.5 Å². The second-order valence-corrected chi connectivity index (χ2v) is 4.36. The molecule has 0 saturated carbocycles. The van der Waals surface area contributed by atoms with Crippen molar-refractivity contribution in [3.8, 4) is 5.75 Å². The first-order valence-electron chi connectivity index (χ1n) is 5.93. The van der Waals surface area contributed by atoms with Crippen LogP contribution in [-0.4, -0.2) is 19.1 Å². The van der Waals surface area contributed by atoms with Crippen LogP contribution in [-0.2, 0) is 6.54 Å². The van der Waals surface area contributed by atoms with E-state index in [-0.39, 0.29) is 0 Å². The maximum absolute atomic E-state index is 6.19. The molecule has 0 aliphatic rings. The summed E-state index contributed by atoms with van der Waals surface area (Å²) in [6, 6.07) is 9.46. The highest BCUT2D eigenvalue weighted by Gasteiger charge is 2.07. The molecule has 4 nitrogen and oxygen atoms in total. The molecule has 0 aliphatic heterocycles. The van der Waals surface area contributed by atoms with E-state index in [0.717, 1.165) is 22.8 Å². The van der Waals surface area contributed by atoms with Crippen LogP contribution in [0.5, 0.6) is 5.75 Å². The molecule has 0 aliphatic carbocycles. The van der Waals surface area contributed by atoms with Crippen molar-refractivity contribution >= 4 is 23.1 Å². The first-order valence-corrected chi connectivity index (χ1v) is 6.31. The number of hydrogen-bond donors (Lipinski definition) is 2. The van der Waals surface area contributed by atoms with Crippen molar-refractivity contribution in [1.82, 2.24) is 4.98 Å². The van der Waals surface area contributed by atoms with Crippen LogP contribution in [0.2, 0.25) is 5.02 Å². The average molecular weight is 278 g/mol. The van der Waals surface area contributed by atoms with Crippen LogP contribution in [0, 0.1) is 0 Å². The number of pyridine rings is 1. The van der Waals surface area contributed by atoms with Gasteiger partial charge in [-0.25, -0.2) is 4.98 Å². The number of nitrogens with one attached hydrogen (secondary N) is 2. The first kappa shape index (κ1) is 13.5. The van der Waals surface area contributed by atoms with Gasteiger partial charge in [0.15, 0.2) is 0 Å². The lowest BCUT2D eigenvalue weighted by molar-refractivity contribution is 0.410. The number of rotatable bonds is 5. The third-order valence-electron chi connectivity index (χ3n) is 2.78. The van der Waals surface area contributed by atoms with E-state index in [2.05, 4.69) is 15.6 Å². The largest absolute Gasteiger partial charge is 0.496 e. The fourth-order valence-electron chi connectivity index (χ4n) is 1.77. The monoisotopic (exact) mass is 277 g/mol. The Morgan fingerprint density at radius 1 is 1.32 bits per heavy atom. The summed E-state index contributed by atoms with van der Waals surface area (Å²) < 4.78 is 5.31. The molecule has 100 valence electrons. The van der Waals surface area contributed by atoms with Gasteiger partial charge in [0.1, 0.15) is 11.6 Å². The molecule has 0 saturated heterocycles. The van der Waals surface area contributed by atoms with Gasteiger partial charge in [0.2, 0.25) is 0 Å². The average Bonchev–Trinajstić information content (AvgIpc) is 2.46. The summed E-state index contributed by atoms with van der Waals surface area (Å²) in [5.41, 5.74) is 1.91. The molecule has 0 unspecified atom stereocenters. The summed E-state index contributed by atoms with van der Waals surface area (Å²) in [5.74, 6) is 1.60. The molecule has 1 aromatic carbocycles. The van der Waals surface area contributed by atoms with Crippen molar-refractivity contribution in [2.75, 3.05) is 24.8 Å². The zero-order chi connectivity index (χ0) is 13.7. The lowest BCUT2D eigenvalue weighted by atomic mass is 10.2. The Balaban J connectivity index is 2.14. The summed E-state index contributed by atoms with van der Waals surface area (Å²) in [7, 11) is 3.48. The van der Waals surface area contributed by atoms with Crippen LogP contribution in [0.4, 0.5) is 11.5 Å². The Kier molecular flexibility index (Phi) is 4.47. The van der Waals surface area contributed by atoms with Gasteiger partial charge in [-0.2, -0.15) is 0 Å². The maximum Gasteiger partial charge on any atom is 0.127 e. The molecule has 0 fully saturated rings. The Morgan fingerprint density at radius 2 is 2.16 bits per heavy atom. The molecular formula is C14H16ClN3O. The quantitative estimate of drug-likeness (QED) is 0.879. The van der Waals surface area contributed by atoms with E-state index < -0.39 is 0 Å². The molecule has 2 rings (SSSR count). The maximum atomic E-state index is 6.19.